The summed E-state index contributed by atoms with van der Waals surface area (Å²) in [6.07, 6.45) is 0.935. The van der Waals surface area contributed by atoms with Crippen LogP contribution in [0.15, 0.2) is 30.3 Å². The van der Waals surface area contributed by atoms with Crippen LogP contribution in [0.5, 0.6) is 0 Å². The average molecular weight is 200 g/mol. The van der Waals surface area contributed by atoms with E-state index in [2.05, 4.69) is 19.1 Å². The van der Waals surface area contributed by atoms with Crippen molar-refractivity contribution in [3.63, 3.8) is 0 Å². The molecule has 0 aliphatic rings. The first-order chi connectivity index (χ1) is 6.29. The van der Waals surface area contributed by atoms with Crippen molar-refractivity contribution >= 4 is 13.0 Å². The number of hydrogen-bond donors (Lipinski definition) is 0. The Morgan fingerprint density at radius 3 is 2.00 bits per heavy atom. The van der Waals surface area contributed by atoms with Gasteiger partial charge in [-0.3, -0.25) is 0 Å². The fourth-order valence-corrected chi connectivity index (χ4v) is 3.83. The first kappa shape index (κ1) is 10.6. The molecule has 0 heterocycles. The molecule has 0 spiro atoms. The van der Waals surface area contributed by atoms with E-state index in [1.165, 1.54) is 5.30 Å². The first-order valence-corrected chi connectivity index (χ1v) is 6.47. The van der Waals surface area contributed by atoms with E-state index in [1.54, 1.807) is 14.2 Å². The van der Waals surface area contributed by atoms with E-state index in [9.17, 15) is 0 Å². The van der Waals surface area contributed by atoms with Crippen LogP contribution in [0.25, 0.3) is 0 Å². The third-order valence-corrected chi connectivity index (χ3v) is 5.80. The van der Waals surface area contributed by atoms with Crippen LogP contribution in [0.4, 0.5) is 0 Å². The maximum atomic E-state index is 5.54. The van der Waals surface area contributed by atoms with Gasteiger partial charge >= 0.3 is 79.7 Å². The van der Waals surface area contributed by atoms with E-state index in [0.717, 1.165) is 6.16 Å². The zero-order valence-electron chi connectivity index (χ0n) is 8.41. The third-order valence-electron chi connectivity index (χ3n) is 2.34. The number of rotatable bonds is 4. The van der Waals surface area contributed by atoms with Crippen LogP contribution >= 0.6 is 7.72 Å². The first-order valence-electron chi connectivity index (χ1n) is 4.45. The van der Waals surface area contributed by atoms with Gasteiger partial charge in [0.2, 0.25) is 0 Å². The quantitative estimate of drug-likeness (QED) is 0.694. The van der Waals surface area contributed by atoms with Crippen LogP contribution in [-0.4, -0.2) is 20.4 Å². The zero-order chi connectivity index (χ0) is 9.73. The van der Waals surface area contributed by atoms with Gasteiger partial charge in [-0.15, -0.1) is 0 Å². The van der Waals surface area contributed by atoms with Crippen molar-refractivity contribution in [3.05, 3.63) is 30.3 Å². The summed E-state index contributed by atoms with van der Waals surface area (Å²) in [5.74, 6) is 0. The van der Waals surface area contributed by atoms with Crippen molar-refractivity contribution in [2.24, 2.45) is 0 Å². The second kappa shape index (κ2) is 4.71. The summed E-state index contributed by atoms with van der Waals surface area (Å²) in [4.78, 5) is 0. The summed E-state index contributed by atoms with van der Waals surface area (Å²) < 4.78 is 11.1. The molecule has 0 unspecified atom stereocenters. The van der Waals surface area contributed by atoms with Crippen LogP contribution in [-0.2, 0) is 9.05 Å². The van der Waals surface area contributed by atoms with Crippen LogP contribution in [0.1, 0.15) is 6.92 Å². The molecule has 3 heteroatoms. The second-order valence-corrected chi connectivity index (χ2v) is 6.49. The monoisotopic (exact) mass is 200 g/mol. The topological polar surface area (TPSA) is 18.5 Å². The summed E-state index contributed by atoms with van der Waals surface area (Å²) in [6, 6.07) is 10.2. The molecular weight excluding hydrogens is 183 g/mol. The van der Waals surface area contributed by atoms with E-state index in [0.29, 0.717) is 0 Å². The third kappa shape index (κ3) is 2.08. The molecule has 0 amide bonds. The van der Waals surface area contributed by atoms with Gasteiger partial charge in [0.15, 0.2) is 0 Å². The molecule has 0 bridgehead atoms. The van der Waals surface area contributed by atoms with Gasteiger partial charge in [0, 0.05) is 0 Å². The van der Waals surface area contributed by atoms with Gasteiger partial charge in [0.25, 0.3) is 0 Å². The summed E-state index contributed by atoms with van der Waals surface area (Å²) in [6.45, 7) is 2.10. The van der Waals surface area contributed by atoms with Gasteiger partial charge in [-0.1, -0.05) is 0 Å². The van der Waals surface area contributed by atoms with Crippen LogP contribution < -0.4 is 5.30 Å². The van der Waals surface area contributed by atoms with Crippen LogP contribution in [0.3, 0.4) is 0 Å². The molecule has 0 atom stereocenters. The standard InChI is InChI=1S/C10H17O2P/c1-4-13(11-2,12-3)10-8-6-5-7-9-10/h5-9,13H,4H2,1-3H3. The van der Waals surface area contributed by atoms with Crippen molar-refractivity contribution in [1.82, 2.24) is 0 Å². The summed E-state index contributed by atoms with van der Waals surface area (Å²) >= 11 is 0. The van der Waals surface area contributed by atoms with E-state index < -0.39 is 7.72 Å². The molecule has 0 aliphatic carbocycles. The Morgan fingerprint density at radius 2 is 1.62 bits per heavy atom. The van der Waals surface area contributed by atoms with E-state index in [1.807, 2.05) is 18.2 Å². The Hall–Kier alpha value is -0.430. The molecule has 0 fully saturated rings. The van der Waals surface area contributed by atoms with Gasteiger partial charge in [-0.2, -0.15) is 0 Å². The fraction of sp³-hybridized carbons (Fsp3) is 0.400. The van der Waals surface area contributed by atoms with E-state index in [4.69, 9.17) is 9.05 Å². The molecule has 13 heavy (non-hydrogen) atoms. The van der Waals surface area contributed by atoms with Gasteiger partial charge in [-0.25, -0.2) is 0 Å². The van der Waals surface area contributed by atoms with Crippen molar-refractivity contribution in [3.8, 4) is 0 Å². The zero-order valence-corrected chi connectivity index (χ0v) is 9.41. The molecule has 1 aromatic carbocycles. The predicted molar refractivity (Wildman–Crippen MR) is 59.0 cm³/mol. The Kier molecular flexibility index (Phi) is 3.86. The molecular formula is C10H17O2P. The van der Waals surface area contributed by atoms with Gasteiger partial charge in [0.1, 0.15) is 0 Å². The predicted octanol–water partition coefficient (Wildman–Crippen LogP) is 2.20. The van der Waals surface area contributed by atoms with E-state index in [-0.39, 0.29) is 0 Å². The summed E-state index contributed by atoms with van der Waals surface area (Å²) in [5, 5.41) is 1.20. The molecule has 2 nitrogen and oxygen atoms in total. The number of hydrogen-bond acceptors (Lipinski definition) is 2. The number of benzene rings is 1. The normalized spacial score (nSPS) is 12.8. The fourth-order valence-electron chi connectivity index (χ4n) is 1.50. The minimum absolute atomic E-state index is 0.935. The Morgan fingerprint density at radius 1 is 1.08 bits per heavy atom. The van der Waals surface area contributed by atoms with Gasteiger partial charge < -0.3 is 0 Å². The van der Waals surface area contributed by atoms with E-state index >= 15 is 0 Å². The second-order valence-electron chi connectivity index (χ2n) is 2.88. The molecule has 74 valence electrons. The van der Waals surface area contributed by atoms with Crippen molar-refractivity contribution in [2.45, 2.75) is 6.92 Å². The average Bonchev–Trinajstić information content (AvgIpc) is 2.23. The minimum atomic E-state index is -2.09. The van der Waals surface area contributed by atoms with Crippen LogP contribution in [0.2, 0.25) is 0 Å². The SMILES string of the molecule is CC[PH](OC)(OC)c1ccccc1. The van der Waals surface area contributed by atoms with Crippen molar-refractivity contribution in [2.75, 3.05) is 20.4 Å². The molecule has 0 saturated carbocycles. The molecule has 0 aliphatic heterocycles. The van der Waals surface area contributed by atoms with Crippen molar-refractivity contribution in [1.29, 1.82) is 0 Å². The molecule has 0 aromatic heterocycles. The van der Waals surface area contributed by atoms with Crippen molar-refractivity contribution < 1.29 is 9.05 Å². The Labute approximate surface area is 80.4 Å². The molecule has 0 saturated heterocycles. The summed E-state index contributed by atoms with van der Waals surface area (Å²) in [5.41, 5.74) is 0. The Bertz CT molecular complexity index is 236. The van der Waals surface area contributed by atoms with Crippen LogP contribution in [0, 0.1) is 0 Å². The summed E-state index contributed by atoms with van der Waals surface area (Å²) in [7, 11) is 1.36. The van der Waals surface area contributed by atoms with Gasteiger partial charge in [-0.05, 0) is 0 Å². The molecule has 0 N–H and O–H groups in total. The molecule has 1 rings (SSSR count). The maximum absolute atomic E-state index is 5.54. The molecule has 0 radical (unpaired) electrons. The Balaban J connectivity index is 3.01. The van der Waals surface area contributed by atoms with Gasteiger partial charge in [0.05, 0.1) is 0 Å². The molecule has 1 aromatic rings.